The van der Waals surface area contributed by atoms with Gasteiger partial charge in [-0.3, -0.25) is 14.5 Å². The Labute approximate surface area is 179 Å². The number of rotatable bonds is 5. The van der Waals surface area contributed by atoms with Gasteiger partial charge in [-0.15, -0.1) is 0 Å². The highest BCUT2D eigenvalue weighted by molar-refractivity contribution is 8.00. The van der Waals surface area contributed by atoms with Crippen molar-refractivity contribution in [2.24, 2.45) is 4.99 Å². The van der Waals surface area contributed by atoms with Crippen molar-refractivity contribution in [2.45, 2.75) is 23.9 Å². The molecule has 11 heteroatoms. The number of thioether (sulfide) groups is 1. The zero-order chi connectivity index (χ0) is 22.2. The molecule has 2 aromatic heterocycles. The smallest absolute Gasteiger partial charge is 0.446 e. The van der Waals surface area contributed by atoms with Crippen LogP contribution >= 0.6 is 11.8 Å². The van der Waals surface area contributed by atoms with Crippen LogP contribution in [0.4, 0.5) is 13.2 Å². The summed E-state index contributed by atoms with van der Waals surface area (Å²) in [6.07, 6.45) is 1.63. The number of aromatic hydroxyl groups is 1. The van der Waals surface area contributed by atoms with E-state index in [9.17, 15) is 23.1 Å². The van der Waals surface area contributed by atoms with Gasteiger partial charge in [0.2, 0.25) is 5.88 Å². The normalized spacial score (nSPS) is 13.9. The van der Waals surface area contributed by atoms with Gasteiger partial charge in [0.05, 0.1) is 24.5 Å². The summed E-state index contributed by atoms with van der Waals surface area (Å²) in [6, 6.07) is 8.84. The van der Waals surface area contributed by atoms with Crippen molar-refractivity contribution in [2.75, 3.05) is 13.1 Å². The zero-order valence-electron chi connectivity index (χ0n) is 16.3. The molecule has 0 bridgehead atoms. The standard InChI is InChI=1S/C20H18F3N5O2S/c1-12-18(29)28(14-2-4-15(5-3-14)31-20(21,22)23)19(30)27(12)11-13-6-7-24-16(10-13)17-25-8-9-26-17/h2-7,10,29H,8-9,11H2,1H3,(H,25,26). The molecule has 0 amide bonds. The minimum absolute atomic E-state index is 0.00676. The Hall–Kier alpha value is -3.21. The molecule has 4 rings (SSSR count). The number of benzene rings is 1. The van der Waals surface area contributed by atoms with Gasteiger partial charge in [0.1, 0.15) is 11.5 Å². The van der Waals surface area contributed by atoms with Gasteiger partial charge in [-0.05, 0) is 60.6 Å². The van der Waals surface area contributed by atoms with Crippen molar-refractivity contribution in [3.05, 3.63) is 70.0 Å². The minimum atomic E-state index is -4.40. The van der Waals surface area contributed by atoms with Gasteiger partial charge >= 0.3 is 11.2 Å². The fourth-order valence-electron chi connectivity index (χ4n) is 3.31. The van der Waals surface area contributed by atoms with Crippen LogP contribution in [0.15, 0.2) is 57.3 Å². The molecule has 3 heterocycles. The van der Waals surface area contributed by atoms with E-state index in [0.717, 1.165) is 16.7 Å². The Morgan fingerprint density at radius 2 is 1.97 bits per heavy atom. The molecule has 0 unspecified atom stereocenters. The zero-order valence-corrected chi connectivity index (χ0v) is 17.2. The van der Waals surface area contributed by atoms with Gasteiger partial charge < -0.3 is 10.4 Å². The third-order valence-electron chi connectivity index (χ3n) is 4.77. The van der Waals surface area contributed by atoms with E-state index in [2.05, 4.69) is 15.3 Å². The number of hydrogen-bond donors (Lipinski definition) is 2. The van der Waals surface area contributed by atoms with Crippen molar-refractivity contribution in [3.63, 3.8) is 0 Å². The molecule has 0 fully saturated rings. The molecule has 31 heavy (non-hydrogen) atoms. The number of halogens is 3. The Balaban J connectivity index is 1.64. The van der Waals surface area contributed by atoms with Crippen LogP contribution < -0.4 is 11.0 Å². The number of imidazole rings is 1. The first-order chi connectivity index (χ1) is 14.7. The highest BCUT2D eigenvalue weighted by atomic mass is 32.2. The van der Waals surface area contributed by atoms with Crippen molar-refractivity contribution >= 4 is 17.6 Å². The number of nitrogens with one attached hydrogen (secondary N) is 1. The molecule has 1 aromatic carbocycles. The molecule has 3 aromatic rings. The minimum Gasteiger partial charge on any atom is -0.493 e. The third-order valence-corrected chi connectivity index (χ3v) is 5.51. The SMILES string of the molecule is Cc1c(O)n(-c2ccc(SC(F)(F)F)cc2)c(=O)n1Cc1ccnc(C2=NCCN2)c1. The van der Waals surface area contributed by atoms with Crippen LogP contribution in [-0.4, -0.2) is 43.7 Å². The lowest BCUT2D eigenvalue weighted by molar-refractivity contribution is -0.0328. The van der Waals surface area contributed by atoms with Gasteiger partial charge in [-0.25, -0.2) is 9.36 Å². The van der Waals surface area contributed by atoms with Gasteiger partial charge in [0.25, 0.3) is 0 Å². The number of alkyl halides is 3. The summed E-state index contributed by atoms with van der Waals surface area (Å²) in [7, 11) is 0. The van der Waals surface area contributed by atoms with E-state index < -0.39 is 11.2 Å². The van der Waals surface area contributed by atoms with E-state index >= 15 is 0 Å². The molecule has 0 atom stereocenters. The summed E-state index contributed by atoms with van der Waals surface area (Å²) in [5.41, 5.74) is -2.82. The maximum atomic E-state index is 13.0. The summed E-state index contributed by atoms with van der Waals surface area (Å²) >= 11 is -0.241. The summed E-state index contributed by atoms with van der Waals surface area (Å²) in [5, 5.41) is 13.7. The van der Waals surface area contributed by atoms with Crippen molar-refractivity contribution in [1.82, 2.24) is 19.4 Å². The monoisotopic (exact) mass is 449 g/mol. The largest absolute Gasteiger partial charge is 0.493 e. The molecule has 0 saturated heterocycles. The third kappa shape index (κ3) is 4.46. The summed E-state index contributed by atoms with van der Waals surface area (Å²) in [6.45, 7) is 3.22. The van der Waals surface area contributed by atoms with Crippen LogP contribution in [0.25, 0.3) is 5.69 Å². The van der Waals surface area contributed by atoms with Gasteiger partial charge in [-0.1, -0.05) is 0 Å². The Morgan fingerprint density at radius 1 is 1.23 bits per heavy atom. The maximum Gasteiger partial charge on any atom is 0.446 e. The molecular formula is C20H18F3N5O2S. The number of hydrogen-bond acceptors (Lipinski definition) is 6. The predicted octanol–water partition coefficient (Wildman–Crippen LogP) is 3.06. The lowest BCUT2D eigenvalue weighted by atomic mass is 10.2. The quantitative estimate of drug-likeness (QED) is 0.585. The second kappa shape index (κ2) is 8.14. The summed E-state index contributed by atoms with van der Waals surface area (Å²) in [5.74, 6) is 0.431. The first-order valence-corrected chi connectivity index (χ1v) is 10.2. The number of pyridine rings is 1. The van der Waals surface area contributed by atoms with E-state index in [-0.39, 0.29) is 34.8 Å². The Morgan fingerprint density at radius 3 is 2.61 bits per heavy atom. The summed E-state index contributed by atoms with van der Waals surface area (Å²) in [4.78, 5) is 21.6. The van der Waals surface area contributed by atoms with E-state index in [1.54, 1.807) is 19.2 Å². The molecule has 162 valence electrons. The number of amidine groups is 1. The molecule has 1 aliphatic heterocycles. The molecule has 0 saturated carbocycles. The molecular weight excluding hydrogens is 431 g/mol. The topological polar surface area (TPSA) is 84.4 Å². The van der Waals surface area contributed by atoms with Crippen molar-refractivity contribution < 1.29 is 18.3 Å². The van der Waals surface area contributed by atoms with Crippen molar-refractivity contribution in [1.29, 1.82) is 0 Å². The van der Waals surface area contributed by atoms with E-state index in [0.29, 0.717) is 23.8 Å². The predicted molar refractivity (Wildman–Crippen MR) is 111 cm³/mol. The van der Waals surface area contributed by atoms with Crippen LogP contribution in [0.2, 0.25) is 0 Å². The molecule has 0 aliphatic carbocycles. The van der Waals surface area contributed by atoms with E-state index in [1.165, 1.54) is 28.8 Å². The van der Waals surface area contributed by atoms with Gasteiger partial charge in [-0.2, -0.15) is 13.2 Å². The highest BCUT2D eigenvalue weighted by Gasteiger charge is 2.29. The van der Waals surface area contributed by atoms with E-state index in [1.807, 2.05) is 6.07 Å². The fourth-order valence-corrected chi connectivity index (χ4v) is 3.85. The number of aromatic nitrogens is 3. The maximum absolute atomic E-state index is 13.0. The lowest BCUT2D eigenvalue weighted by Crippen LogP contribution is -2.25. The second-order valence-corrected chi connectivity index (χ2v) is 8.00. The first kappa shape index (κ1) is 21.0. The fraction of sp³-hybridized carbons (Fsp3) is 0.250. The van der Waals surface area contributed by atoms with E-state index in [4.69, 9.17) is 0 Å². The Kier molecular flexibility index (Phi) is 5.52. The molecule has 2 N–H and O–H groups in total. The van der Waals surface area contributed by atoms with Gasteiger partial charge in [0, 0.05) is 17.6 Å². The molecule has 1 aliphatic rings. The van der Waals surface area contributed by atoms with Gasteiger partial charge in [0.15, 0.2) is 0 Å². The number of nitrogens with zero attached hydrogens (tertiary/aromatic N) is 4. The molecule has 0 radical (unpaired) electrons. The molecule has 0 spiro atoms. The lowest BCUT2D eigenvalue weighted by Gasteiger charge is -2.07. The average molecular weight is 449 g/mol. The summed E-state index contributed by atoms with van der Waals surface area (Å²) < 4.78 is 40.1. The average Bonchev–Trinajstić information content (AvgIpc) is 3.32. The van der Waals surface area contributed by atoms with Crippen LogP contribution in [0.5, 0.6) is 5.88 Å². The highest BCUT2D eigenvalue weighted by Crippen LogP contribution is 2.37. The first-order valence-electron chi connectivity index (χ1n) is 9.34. The van der Waals surface area contributed by atoms with Crippen LogP contribution in [0, 0.1) is 6.92 Å². The van der Waals surface area contributed by atoms with Crippen LogP contribution in [0.3, 0.4) is 0 Å². The number of aliphatic imine (C=N–C) groups is 1. The van der Waals surface area contributed by atoms with Crippen LogP contribution in [-0.2, 0) is 6.54 Å². The second-order valence-electron chi connectivity index (χ2n) is 6.86. The Bertz CT molecular complexity index is 1200. The molecule has 7 nitrogen and oxygen atoms in total. The van der Waals surface area contributed by atoms with Crippen LogP contribution in [0.1, 0.15) is 17.0 Å². The van der Waals surface area contributed by atoms with Crippen molar-refractivity contribution in [3.8, 4) is 11.6 Å².